The summed E-state index contributed by atoms with van der Waals surface area (Å²) in [5.41, 5.74) is 2.49. The molecule has 18 heavy (non-hydrogen) atoms. The van der Waals surface area contributed by atoms with Gasteiger partial charge in [-0.1, -0.05) is 25.6 Å². The molecule has 0 aromatic heterocycles. The van der Waals surface area contributed by atoms with Crippen LogP contribution in [0.1, 0.15) is 39.7 Å². The molecular formula is C16H25NO. The molecule has 0 saturated carbocycles. The van der Waals surface area contributed by atoms with E-state index in [9.17, 15) is 0 Å². The highest BCUT2D eigenvalue weighted by molar-refractivity contribution is 5.28. The molecule has 1 rings (SSSR count). The van der Waals surface area contributed by atoms with Crippen molar-refractivity contribution in [2.75, 3.05) is 6.61 Å². The Kier molecular flexibility index (Phi) is 5.42. The molecule has 0 amide bonds. The smallest absolute Gasteiger partial charge is 0.120 e. The van der Waals surface area contributed by atoms with E-state index in [1.54, 1.807) is 0 Å². The molecule has 0 spiro atoms. The van der Waals surface area contributed by atoms with Crippen molar-refractivity contribution in [1.82, 2.24) is 5.32 Å². The van der Waals surface area contributed by atoms with Crippen LogP contribution in [0, 0.1) is 0 Å². The van der Waals surface area contributed by atoms with Crippen molar-refractivity contribution < 1.29 is 4.74 Å². The highest BCUT2D eigenvalue weighted by atomic mass is 16.5. The van der Waals surface area contributed by atoms with Gasteiger partial charge in [0.05, 0.1) is 0 Å². The van der Waals surface area contributed by atoms with Gasteiger partial charge in [-0.05, 0) is 50.5 Å². The zero-order valence-corrected chi connectivity index (χ0v) is 12.0. The first-order valence-electron chi connectivity index (χ1n) is 6.54. The summed E-state index contributed by atoms with van der Waals surface area (Å²) in [5, 5.41) is 3.47. The zero-order valence-electron chi connectivity index (χ0n) is 12.0. The summed E-state index contributed by atoms with van der Waals surface area (Å²) < 4.78 is 5.70. The zero-order chi connectivity index (χ0) is 13.6. The number of hydrogen-bond donors (Lipinski definition) is 1. The van der Waals surface area contributed by atoms with Crippen molar-refractivity contribution in [1.29, 1.82) is 0 Å². The Hall–Kier alpha value is -1.28. The van der Waals surface area contributed by atoms with E-state index in [-0.39, 0.29) is 5.54 Å². The van der Waals surface area contributed by atoms with Gasteiger partial charge in [-0.25, -0.2) is 0 Å². The van der Waals surface area contributed by atoms with Crippen molar-refractivity contribution in [3.63, 3.8) is 0 Å². The van der Waals surface area contributed by atoms with Gasteiger partial charge in [0.1, 0.15) is 12.4 Å². The Morgan fingerprint density at radius 1 is 1.33 bits per heavy atom. The fourth-order valence-corrected chi connectivity index (χ4v) is 1.40. The predicted octanol–water partition coefficient (Wildman–Crippen LogP) is 3.92. The summed E-state index contributed by atoms with van der Waals surface area (Å²) in [6.07, 6.45) is 0.964. The average molecular weight is 247 g/mol. The first-order valence-corrected chi connectivity index (χ1v) is 6.54. The Bertz CT molecular complexity index is 390. The van der Waals surface area contributed by atoms with Crippen LogP contribution in [-0.4, -0.2) is 12.1 Å². The van der Waals surface area contributed by atoms with Crippen LogP contribution in [0.4, 0.5) is 0 Å². The quantitative estimate of drug-likeness (QED) is 0.769. The molecule has 0 aliphatic heterocycles. The maximum Gasteiger partial charge on any atom is 0.120 e. The number of nitrogens with one attached hydrogen (secondary N) is 1. The molecule has 0 heterocycles. The maximum atomic E-state index is 5.70. The van der Waals surface area contributed by atoms with E-state index in [0.29, 0.717) is 6.61 Å². The van der Waals surface area contributed by atoms with E-state index in [4.69, 9.17) is 4.74 Å². The van der Waals surface area contributed by atoms with Crippen LogP contribution in [0.3, 0.4) is 0 Å². The molecule has 1 aromatic carbocycles. The molecular weight excluding hydrogens is 222 g/mol. The molecule has 1 N–H and O–H groups in total. The van der Waals surface area contributed by atoms with Gasteiger partial charge >= 0.3 is 0 Å². The highest BCUT2D eigenvalue weighted by Crippen LogP contribution is 2.15. The summed E-state index contributed by atoms with van der Waals surface area (Å²) in [6.45, 7) is 14.0. The second-order valence-electron chi connectivity index (χ2n) is 5.64. The highest BCUT2D eigenvalue weighted by Gasteiger charge is 2.08. The Morgan fingerprint density at radius 2 is 2.06 bits per heavy atom. The van der Waals surface area contributed by atoms with Crippen molar-refractivity contribution >= 4 is 0 Å². The minimum atomic E-state index is 0.132. The van der Waals surface area contributed by atoms with Gasteiger partial charge in [-0.3, -0.25) is 0 Å². The van der Waals surface area contributed by atoms with E-state index >= 15 is 0 Å². The lowest BCUT2D eigenvalue weighted by Crippen LogP contribution is -2.35. The standard InChI is InChI=1S/C16H25NO/c1-6-13(2)12-18-15-9-7-8-14(10-15)11-17-16(3,4)5/h7-10,17H,2,6,11-12H2,1,3-5H3. The Labute approximate surface area is 111 Å². The molecule has 1 aromatic rings. The van der Waals surface area contributed by atoms with E-state index in [0.717, 1.165) is 24.3 Å². The molecule has 100 valence electrons. The van der Waals surface area contributed by atoms with E-state index in [1.165, 1.54) is 5.56 Å². The first kappa shape index (κ1) is 14.8. The minimum Gasteiger partial charge on any atom is -0.489 e. The summed E-state index contributed by atoms with van der Waals surface area (Å²) in [7, 11) is 0. The fraction of sp³-hybridized carbons (Fsp3) is 0.500. The van der Waals surface area contributed by atoms with Crippen LogP contribution in [0.15, 0.2) is 36.4 Å². The summed E-state index contributed by atoms with van der Waals surface area (Å²) in [4.78, 5) is 0. The molecule has 2 heteroatoms. The second-order valence-corrected chi connectivity index (χ2v) is 5.64. The largest absolute Gasteiger partial charge is 0.489 e. The number of benzene rings is 1. The monoisotopic (exact) mass is 247 g/mol. The third-order valence-electron chi connectivity index (χ3n) is 2.66. The topological polar surface area (TPSA) is 21.3 Å². The summed E-state index contributed by atoms with van der Waals surface area (Å²) in [6, 6.07) is 8.22. The van der Waals surface area contributed by atoms with Crippen molar-refractivity contribution in [3.05, 3.63) is 42.0 Å². The van der Waals surface area contributed by atoms with Crippen LogP contribution in [-0.2, 0) is 6.54 Å². The van der Waals surface area contributed by atoms with Crippen molar-refractivity contribution in [2.24, 2.45) is 0 Å². The average Bonchev–Trinajstić information content (AvgIpc) is 2.33. The van der Waals surface area contributed by atoms with Crippen LogP contribution in [0.25, 0.3) is 0 Å². The molecule has 0 unspecified atom stereocenters. The van der Waals surface area contributed by atoms with Crippen LogP contribution < -0.4 is 10.1 Å². The van der Waals surface area contributed by atoms with E-state index in [1.807, 2.05) is 12.1 Å². The van der Waals surface area contributed by atoms with Crippen LogP contribution in [0.2, 0.25) is 0 Å². The molecule has 0 atom stereocenters. The lowest BCUT2D eigenvalue weighted by Gasteiger charge is -2.20. The third-order valence-corrected chi connectivity index (χ3v) is 2.66. The number of hydrogen-bond acceptors (Lipinski definition) is 2. The Balaban J connectivity index is 2.54. The maximum absolute atomic E-state index is 5.70. The molecule has 2 nitrogen and oxygen atoms in total. The molecule has 0 saturated heterocycles. The number of rotatable bonds is 6. The van der Waals surface area contributed by atoms with E-state index < -0.39 is 0 Å². The number of ether oxygens (including phenoxy) is 1. The lowest BCUT2D eigenvalue weighted by molar-refractivity contribution is 0.348. The van der Waals surface area contributed by atoms with Gasteiger partial charge in [0.15, 0.2) is 0 Å². The summed E-state index contributed by atoms with van der Waals surface area (Å²) >= 11 is 0. The van der Waals surface area contributed by atoms with Gasteiger partial charge in [0.2, 0.25) is 0 Å². The van der Waals surface area contributed by atoms with Gasteiger partial charge in [-0.2, -0.15) is 0 Å². The van der Waals surface area contributed by atoms with Crippen molar-refractivity contribution in [2.45, 2.75) is 46.2 Å². The Morgan fingerprint density at radius 3 is 2.67 bits per heavy atom. The minimum absolute atomic E-state index is 0.132. The molecule has 0 radical (unpaired) electrons. The van der Waals surface area contributed by atoms with Crippen LogP contribution in [0.5, 0.6) is 5.75 Å². The van der Waals surface area contributed by atoms with Gasteiger partial charge < -0.3 is 10.1 Å². The molecule has 0 aliphatic rings. The molecule has 0 fully saturated rings. The first-order chi connectivity index (χ1) is 8.40. The fourth-order valence-electron chi connectivity index (χ4n) is 1.40. The third kappa shape index (κ3) is 5.87. The van der Waals surface area contributed by atoms with Gasteiger partial charge in [-0.15, -0.1) is 0 Å². The van der Waals surface area contributed by atoms with Crippen LogP contribution >= 0.6 is 0 Å². The summed E-state index contributed by atoms with van der Waals surface area (Å²) in [5.74, 6) is 0.915. The SMILES string of the molecule is C=C(CC)COc1cccc(CNC(C)(C)C)c1. The van der Waals surface area contributed by atoms with E-state index in [2.05, 4.69) is 51.7 Å². The van der Waals surface area contributed by atoms with Gasteiger partial charge in [0.25, 0.3) is 0 Å². The predicted molar refractivity (Wildman–Crippen MR) is 78.0 cm³/mol. The lowest BCUT2D eigenvalue weighted by atomic mass is 10.1. The van der Waals surface area contributed by atoms with Crippen molar-refractivity contribution in [3.8, 4) is 5.75 Å². The second kappa shape index (κ2) is 6.60. The molecule has 0 bridgehead atoms. The normalized spacial score (nSPS) is 11.3. The van der Waals surface area contributed by atoms with Gasteiger partial charge in [0, 0.05) is 12.1 Å². The molecule has 0 aliphatic carbocycles.